The number of aromatic amines is 1. The SMILES string of the molecule is CCc1cc(NC(=O)c2cc(Cl)ncc2N)n[nH]1. The molecule has 0 atom stereocenters. The number of amides is 1. The zero-order valence-electron chi connectivity index (χ0n) is 9.70. The Hall–Kier alpha value is -2.08. The molecule has 2 heterocycles. The zero-order chi connectivity index (χ0) is 13.1. The maximum Gasteiger partial charge on any atom is 0.259 e. The van der Waals surface area contributed by atoms with Crippen LogP contribution >= 0.6 is 11.6 Å². The van der Waals surface area contributed by atoms with Crippen molar-refractivity contribution in [1.82, 2.24) is 15.2 Å². The average molecular weight is 266 g/mol. The van der Waals surface area contributed by atoms with Gasteiger partial charge in [-0.1, -0.05) is 18.5 Å². The summed E-state index contributed by atoms with van der Waals surface area (Å²) < 4.78 is 0. The van der Waals surface area contributed by atoms with Crippen LogP contribution in [0.15, 0.2) is 18.3 Å². The number of carbonyl (C=O) groups is 1. The third-order valence-corrected chi connectivity index (χ3v) is 2.61. The van der Waals surface area contributed by atoms with Crippen LogP contribution in [0.1, 0.15) is 23.0 Å². The first-order valence-corrected chi connectivity index (χ1v) is 5.74. The summed E-state index contributed by atoms with van der Waals surface area (Å²) >= 11 is 5.72. The molecule has 7 heteroatoms. The standard InChI is InChI=1S/C11H12ClN5O/c1-2-6-3-10(17-16-6)15-11(18)7-4-9(12)14-5-8(7)13/h3-5H,2,13H2,1H3,(H2,15,16,17,18). The molecule has 0 radical (unpaired) electrons. The average Bonchev–Trinajstić information content (AvgIpc) is 2.80. The van der Waals surface area contributed by atoms with E-state index in [2.05, 4.69) is 20.5 Å². The van der Waals surface area contributed by atoms with Gasteiger partial charge in [0.05, 0.1) is 17.4 Å². The van der Waals surface area contributed by atoms with Crippen LogP contribution in [-0.4, -0.2) is 21.1 Å². The number of halogens is 1. The van der Waals surface area contributed by atoms with Crippen molar-refractivity contribution in [2.24, 2.45) is 0 Å². The van der Waals surface area contributed by atoms with Gasteiger partial charge in [0.1, 0.15) is 5.15 Å². The van der Waals surface area contributed by atoms with Crippen LogP contribution in [0.5, 0.6) is 0 Å². The summed E-state index contributed by atoms with van der Waals surface area (Å²) in [5, 5.41) is 9.61. The summed E-state index contributed by atoms with van der Waals surface area (Å²) in [6.45, 7) is 1.99. The molecule has 2 aromatic rings. The van der Waals surface area contributed by atoms with Gasteiger partial charge in [-0.2, -0.15) is 5.10 Å². The van der Waals surface area contributed by atoms with Crippen molar-refractivity contribution in [3.05, 3.63) is 34.7 Å². The van der Waals surface area contributed by atoms with Crippen molar-refractivity contribution in [2.75, 3.05) is 11.1 Å². The van der Waals surface area contributed by atoms with Crippen LogP contribution in [0.4, 0.5) is 11.5 Å². The summed E-state index contributed by atoms with van der Waals surface area (Å²) in [4.78, 5) is 15.7. The number of aryl methyl sites for hydroxylation is 1. The highest BCUT2D eigenvalue weighted by atomic mass is 35.5. The second kappa shape index (κ2) is 5.05. The molecule has 0 fully saturated rings. The number of hydrogen-bond donors (Lipinski definition) is 3. The Morgan fingerprint density at radius 1 is 1.56 bits per heavy atom. The van der Waals surface area contributed by atoms with E-state index in [-0.39, 0.29) is 22.3 Å². The van der Waals surface area contributed by atoms with Crippen molar-refractivity contribution in [1.29, 1.82) is 0 Å². The first kappa shape index (κ1) is 12.4. The van der Waals surface area contributed by atoms with Gasteiger partial charge < -0.3 is 11.1 Å². The lowest BCUT2D eigenvalue weighted by Crippen LogP contribution is -2.14. The Labute approximate surface area is 109 Å². The van der Waals surface area contributed by atoms with Gasteiger partial charge in [0.25, 0.3) is 5.91 Å². The fourth-order valence-electron chi connectivity index (χ4n) is 1.43. The number of hydrogen-bond acceptors (Lipinski definition) is 4. The Morgan fingerprint density at radius 2 is 2.33 bits per heavy atom. The normalized spacial score (nSPS) is 10.3. The number of nitrogens with one attached hydrogen (secondary N) is 2. The highest BCUT2D eigenvalue weighted by molar-refractivity contribution is 6.30. The maximum absolute atomic E-state index is 12.0. The van der Waals surface area contributed by atoms with Crippen molar-refractivity contribution >= 4 is 29.0 Å². The molecule has 0 aliphatic carbocycles. The van der Waals surface area contributed by atoms with Crippen LogP contribution in [0.25, 0.3) is 0 Å². The smallest absolute Gasteiger partial charge is 0.259 e. The Kier molecular flexibility index (Phi) is 3.47. The lowest BCUT2D eigenvalue weighted by atomic mass is 10.2. The van der Waals surface area contributed by atoms with E-state index >= 15 is 0 Å². The highest BCUT2D eigenvalue weighted by Crippen LogP contribution is 2.16. The fraction of sp³-hybridized carbons (Fsp3) is 0.182. The summed E-state index contributed by atoms with van der Waals surface area (Å²) in [6, 6.07) is 3.18. The van der Waals surface area contributed by atoms with Crippen molar-refractivity contribution < 1.29 is 4.79 Å². The van der Waals surface area contributed by atoms with E-state index < -0.39 is 0 Å². The summed E-state index contributed by atoms with van der Waals surface area (Å²) in [7, 11) is 0. The lowest BCUT2D eigenvalue weighted by molar-refractivity contribution is 0.102. The molecule has 0 aliphatic rings. The van der Waals surface area contributed by atoms with Crippen LogP contribution < -0.4 is 11.1 Å². The largest absolute Gasteiger partial charge is 0.397 e. The predicted octanol–water partition coefficient (Wildman–Crippen LogP) is 1.85. The van der Waals surface area contributed by atoms with Crippen molar-refractivity contribution in [2.45, 2.75) is 13.3 Å². The molecular weight excluding hydrogens is 254 g/mol. The molecule has 94 valence electrons. The third-order valence-electron chi connectivity index (χ3n) is 2.40. The monoisotopic (exact) mass is 265 g/mol. The van der Waals surface area contributed by atoms with E-state index in [1.807, 2.05) is 6.92 Å². The molecule has 0 aliphatic heterocycles. The minimum absolute atomic E-state index is 0.214. The van der Waals surface area contributed by atoms with E-state index in [1.54, 1.807) is 6.07 Å². The van der Waals surface area contributed by atoms with Crippen LogP contribution in [0.2, 0.25) is 5.15 Å². The molecule has 0 unspecified atom stereocenters. The van der Waals surface area contributed by atoms with Gasteiger partial charge in [0.15, 0.2) is 5.82 Å². The molecule has 0 saturated carbocycles. The number of anilines is 2. The number of nitrogens with two attached hydrogens (primary N) is 1. The Morgan fingerprint density at radius 3 is 3.00 bits per heavy atom. The number of nitrogen functional groups attached to an aromatic ring is 1. The highest BCUT2D eigenvalue weighted by Gasteiger charge is 2.12. The minimum Gasteiger partial charge on any atom is -0.397 e. The molecule has 0 aromatic carbocycles. The minimum atomic E-state index is -0.369. The van der Waals surface area contributed by atoms with Gasteiger partial charge in [-0.05, 0) is 12.5 Å². The molecular formula is C11H12ClN5O. The first-order valence-electron chi connectivity index (χ1n) is 5.36. The van der Waals surface area contributed by atoms with E-state index in [1.165, 1.54) is 12.3 Å². The number of pyridine rings is 1. The fourth-order valence-corrected chi connectivity index (χ4v) is 1.59. The van der Waals surface area contributed by atoms with Crippen LogP contribution in [-0.2, 0) is 6.42 Å². The van der Waals surface area contributed by atoms with Gasteiger partial charge in [0, 0.05) is 11.8 Å². The molecule has 18 heavy (non-hydrogen) atoms. The van der Waals surface area contributed by atoms with E-state index in [0.29, 0.717) is 5.82 Å². The Balaban J connectivity index is 2.19. The molecule has 2 aromatic heterocycles. The van der Waals surface area contributed by atoms with Gasteiger partial charge >= 0.3 is 0 Å². The second-order valence-electron chi connectivity index (χ2n) is 3.68. The quantitative estimate of drug-likeness (QED) is 0.738. The molecule has 0 bridgehead atoms. The van der Waals surface area contributed by atoms with Gasteiger partial charge in [0.2, 0.25) is 0 Å². The van der Waals surface area contributed by atoms with Crippen LogP contribution in [0.3, 0.4) is 0 Å². The van der Waals surface area contributed by atoms with E-state index in [0.717, 1.165) is 12.1 Å². The lowest BCUT2D eigenvalue weighted by Gasteiger charge is -2.04. The molecule has 2 rings (SSSR count). The van der Waals surface area contributed by atoms with Crippen molar-refractivity contribution in [3.8, 4) is 0 Å². The van der Waals surface area contributed by atoms with Gasteiger partial charge in [-0.3, -0.25) is 9.89 Å². The number of carbonyl (C=O) groups excluding carboxylic acids is 1. The predicted molar refractivity (Wildman–Crippen MR) is 69.6 cm³/mol. The third kappa shape index (κ3) is 2.60. The summed E-state index contributed by atoms with van der Waals surface area (Å²) in [5.41, 5.74) is 7.14. The van der Waals surface area contributed by atoms with Crippen LogP contribution in [0, 0.1) is 0 Å². The molecule has 1 amide bonds. The molecule has 0 spiro atoms. The number of aromatic nitrogens is 3. The zero-order valence-corrected chi connectivity index (χ0v) is 10.5. The summed E-state index contributed by atoms with van der Waals surface area (Å²) in [6.07, 6.45) is 2.16. The van der Waals surface area contributed by atoms with E-state index in [4.69, 9.17) is 17.3 Å². The molecule has 0 saturated heterocycles. The number of H-pyrrole nitrogens is 1. The van der Waals surface area contributed by atoms with Gasteiger partial charge in [-0.15, -0.1) is 0 Å². The molecule has 6 nitrogen and oxygen atoms in total. The van der Waals surface area contributed by atoms with E-state index in [9.17, 15) is 4.79 Å². The number of rotatable bonds is 3. The summed E-state index contributed by atoms with van der Waals surface area (Å²) in [5.74, 6) is 0.0788. The van der Waals surface area contributed by atoms with Gasteiger partial charge in [-0.25, -0.2) is 4.98 Å². The molecule has 4 N–H and O–H groups in total. The second-order valence-corrected chi connectivity index (χ2v) is 4.07. The number of nitrogens with zero attached hydrogens (tertiary/aromatic N) is 2. The maximum atomic E-state index is 12.0. The topological polar surface area (TPSA) is 96.7 Å². The Bertz CT molecular complexity index is 581. The first-order chi connectivity index (χ1) is 8.60. The van der Waals surface area contributed by atoms with Crippen molar-refractivity contribution in [3.63, 3.8) is 0 Å².